The van der Waals surface area contributed by atoms with E-state index in [1.807, 2.05) is 45.3 Å². The number of piperidine rings is 1. The van der Waals surface area contributed by atoms with Gasteiger partial charge < -0.3 is 30.5 Å². The Morgan fingerprint density at radius 1 is 1.32 bits per heavy atom. The van der Waals surface area contributed by atoms with Crippen LogP contribution in [0.25, 0.3) is 17.0 Å². The molecule has 1 aromatic carbocycles. The summed E-state index contributed by atoms with van der Waals surface area (Å²) in [4.78, 5) is 11.6. The maximum atomic E-state index is 9.93. The molecule has 2 aliphatic heterocycles. The first-order chi connectivity index (χ1) is 19.1. The number of imidazole rings is 1. The molecule has 0 radical (unpaired) electrons. The summed E-state index contributed by atoms with van der Waals surface area (Å²) in [7, 11) is 1.92. The van der Waals surface area contributed by atoms with Crippen LogP contribution in [0.15, 0.2) is 35.1 Å². The van der Waals surface area contributed by atoms with Crippen molar-refractivity contribution in [1.82, 2.24) is 25.1 Å². The molecule has 0 bridgehead atoms. The van der Waals surface area contributed by atoms with E-state index in [4.69, 9.17) is 20.5 Å². The van der Waals surface area contributed by atoms with Crippen molar-refractivity contribution in [3.8, 4) is 17.1 Å². The topological polar surface area (TPSA) is 135 Å². The van der Waals surface area contributed by atoms with E-state index in [9.17, 15) is 5.11 Å². The molecule has 10 nitrogen and oxygen atoms in total. The summed E-state index contributed by atoms with van der Waals surface area (Å²) in [5.74, 6) is 2.55. The minimum Gasteiger partial charge on any atom is -0.491 e. The Kier molecular flexibility index (Phi) is 9.10. The highest BCUT2D eigenvalue weighted by Gasteiger charge is 2.33. The number of allylic oxidation sites excluding steroid dienone is 1. The van der Waals surface area contributed by atoms with E-state index >= 15 is 0 Å². The molecule has 0 aliphatic carbocycles. The fraction of sp³-hybridized carbons (Fsp3) is 0.533. The van der Waals surface area contributed by atoms with Gasteiger partial charge in [-0.05, 0) is 71.7 Å². The van der Waals surface area contributed by atoms with E-state index in [2.05, 4.69) is 38.9 Å². The van der Waals surface area contributed by atoms with Crippen molar-refractivity contribution in [2.75, 3.05) is 33.4 Å². The van der Waals surface area contributed by atoms with Crippen LogP contribution in [0.4, 0.5) is 0 Å². The van der Waals surface area contributed by atoms with Gasteiger partial charge in [0, 0.05) is 54.8 Å². The number of amidine groups is 2. The summed E-state index contributed by atoms with van der Waals surface area (Å²) in [6, 6.07) is 6.21. The van der Waals surface area contributed by atoms with E-state index < -0.39 is 0 Å². The maximum absolute atomic E-state index is 9.93. The number of nitrogens with zero attached hydrogens (tertiary/aromatic N) is 4. The Labute approximate surface area is 237 Å². The van der Waals surface area contributed by atoms with Crippen molar-refractivity contribution in [2.24, 2.45) is 10.9 Å². The Bertz CT molecular complexity index is 1310. The van der Waals surface area contributed by atoms with Gasteiger partial charge in [0.15, 0.2) is 5.84 Å². The molecule has 1 fully saturated rings. The van der Waals surface area contributed by atoms with Crippen LogP contribution < -0.4 is 15.4 Å². The summed E-state index contributed by atoms with van der Waals surface area (Å²) in [6.07, 6.45) is 5.46. The number of nitrogens with one attached hydrogen (secondary N) is 4. The van der Waals surface area contributed by atoms with Crippen molar-refractivity contribution < 1.29 is 9.84 Å². The Morgan fingerprint density at radius 3 is 2.75 bits per heavy atom. The van der Waals surface area contributed by atoms with Gasteiger partial charge in [-0.1, -0.05) is 6.07 Å². The maximum Gasteiger partial charge on any atom is 0.155 e. The number of aliphatic hydroxyl groups is 1. The molecular formula is C30H44N8O2. The third-order valence-electron chi connectivity index (χ3n) is 7.62. The predicted molar refractivity (Wildman–Crippen MR) is 162 cm³/mol. The monoisotopic (exact) mass is 548 g/mol. The first-order valence-corrected chi connectivity index (χ1v) is 14.1. The van der Waals surface area contributed by atoms with E-state index in [0.29, 0.717) is 24.7 Å². The number of benzene rings is 1. The zero-order valence-electron chi connectivity index (χ0n) is 24.6. The van der Waals surface area contributed by atoms with Gasteiger partial charge in [0.25, 0.3) is 0 Å². The molecule has 10 heteroatoms. The number of aromatic nitrogens is 2. The van der Waals surface area contributed by atoms with Crippen LogP contribution >= 0.6 is 0 Å². The number of ether oxygens (including phenoxy) is 1. The van der Waals surface area contributed by atoms with Crippen molar-refractivity contribution >= 4 is 23.5 Å². The normalized spacial score (nSPS) is 18.7. The average Bonchev–Trinajstić information content (AvgIpc) is 3.27. The number of aliphatic hydroxyl groups excluding tert-OH is 1. The van der Waals surface area contributed by atoms with Crippen molar-refractivity contribution in [2.45, 2.75) is 65.6 Å². The third-order valence-corrected chi connectivity index (χ3v) is 7.62. The van der Waals surface area contributed by atoms with Gasteiger partial charge in [-0.25, -0.2) is 9.98 Å². The summed E-state index contributed by atoms with van der Waals surface area (Å²) in [5.41, 5.74) is 4.08. The molecule has 0 amide bonds. The minimum absolute atomic E-state index is 0.108. The predicted octanol–water partition coefficient (Wildman–Crippen LogP) is 3.75. The second-order valence-electron chi connectivity index (χ2n) is 11.5. The molecule has 0 spiro atoms. The standard InChI is InChI=1S/C30H44N8O2/c1-19(2)34-28(35-20(3)32)25-17-37-12-13-40-26-14-21(9-10-23(26)29(37)36-25)24(15-31)27(33-6)22-8-7-11-38(16-22)30(4,5)18-39/h9-10,14-15,17,19,22,31,33,39H,7-8,11-13,16,18H2,1-6H3,(H2,32,34,35)/b27-24+,31-15?. The number of fused-ring (bicyclic) bond motifs is 3. The molecule has 1 unspecified atom stereocenters. The number of hydrogen-bond donors (Lipinski definition) is 5. The zero-order chi connectivity index (χ0) is 29.0. The number of aliphatic imine (C=N–C) groups is 1. The third kappa shape index (κ3) is 6.28. The summed E-state index contributed by atoms with van der Waals surface area (Å²) in [6.45, 7) is 12.9. The van der Waals surface area contributed by atoms with E-state index in [-0.39, 0.29) is 29.9 Å². The molecule has 0 saturated carbocycles. The van der Waals surface area contributed by atoms with Crippen LogP contribution in [0.2, 0.25) is 0 Å². The van der Waals surface area contributed by atoms with E-state index in [1.54, 1.807) is 6.92 Å². The molecule has 4 rings (SSSR count). The largest absolute Gasteiger partial charge is 0.491 e. The SMILES string of the molecule is CN/C(=C(\C=N)c1ccc2c(c1)OCCn1cc(/C(=N/C(C)=N)NC(C)C)nc1-2)C1CCCN(C(C)(C)CO)C1. The number of hydrogen-bond acceptors (Lipinski definition) is 7. The van der Waals surface area contributed by atoms with Crippen molar-refractivity contribution in [1.29, 1.82) is 10.8 Å². The molecule has 40 heavy (non-hydrogen) atoms. The van der Waals surface area contributed by atoms with E-state index in [0.717, 1.165) is 59.9 Å². The quantitative estimate of drug-likeness (QED) is 0.252. The number of likely N-dealkylation sites (tertiary alicyclic amines) is 1. The number of rotatable bonds is 8. The molecule has 1 aromatic heterocycles. The zero-order valence-corrected chi connectivity index (χ0v) is 24.6. The minimum atomic E-state index is -0.284. The summed E-state index contributed by atoms with van der Waals surface area (Å²) >= 11 is 0. The second kappa shape index (κ2) is 12.3. The molecule has 2 aliphatic rings. The van der Waals surface area contributed by atoms with Gasteiger partial charge in [0.1, 0.15) is 29.7 Å². The van der Waals surface area contributed by atoms with Gasteiger partial charge in [-0.3, -0.25) is 10.3 Å². The average molecular weight is 549 g/mol. The van der Waals surface area contributed by atoms with Gasteiger partial charge in [-0.15, -0.1) is 0 Å². The van der Waals surface area contributed by atoms with Gasteiger partial charge in [0.05, 0.1) is 18.7 Å². The molecule has 2 aromatic rings. The molecular weight excluding hydrogens is 504 g/mol. The van der Waals surface area contributed by atoms with Crippen molar-refractivity contribution in [3.05, 3.63) is 41.4 Å². The lowest BCUT2D eigenvalue weighted by Gasteiger charge is -2.43. The first kappa shape index (κ1) is 29.5. The van der Waals surface area contributed by atoms with Gasteiger partial charge in [-0.2, -0.15) is 0 Å². The van der Waals surface area contributed by atoms with Gasteiger partial charge in [0.2, 0.25) is 0 Å². The highest BCUT2D eigenvalue weighted by Crippen LogP contribution is 2.36. The lowest BCUT2D eigenvalue weighted by molar-refractivity contribution is 0.0290. The first-order valence-electron chi connectivity index (χ1n) is 14.1. The Balaban J connectivity index is 1.71. The molecule has 5 N–H and O–H groups in total. The van der Waals surface area contributed by atoms with Crippen LogP contribution in [0.3, 0.4) is 0 Å². The van der Waals surface area contributed by atoms with Crippen LogP contribution in [0.1, 0.15) is 58.7 Å². The smallest absolute Gasteiger partial charge is 0.155 e. The summed E-state index contributed by atoms with van der Waals surface area (Å²) in [5, 5.41) is 32.9. The fourth-order valence-electron chi connectivity index (χ4n) is 5.51. The molecule has 1 saturated heterocycles. The highest BCUT2D eigenvalue weighted by atomic mass is 16.5. The van der Waals surface area contributed by atoms with E-state index in [1.165, 1.54) is 6.21 Å². The second-order valence-corrected chi connectivity index (χ2v) is 11.5. The molecule has 1 atom stereocenters. The van der Waals surface area contributed by atoms with Gasteiger partial charge >= 0.3 is 0 Å². The van der Waals surface area contributed by atoms with Crippen LogP contribution in [-0.2, 0) is 6.54 Å². The molecule has 216 valence electrons. The molecule has 3 heterocycles. The van der Waals surface area contributed by atoms with Crippen LogP contribution in [0.5, 0.6) is 5.75 Å². The summed E-state index contributed by atoms with van der Waals surface area (Å²) < 4.78 is 8.27. The lowest BCUT2D eigenvalue weighted by atomic mass is 9.87. The Hall–Kier alpha value is -3.50. The lowest BCUT2D eigenvalue weighted by Crippen LogP contribution is -2.52. The van der Waals surface area contributed by atoms with Crippen LogP contribution in [0, 0.1) is 16.7 Å². The van der Waals surface area contributed by atoms with Crippen molar-refractivity contribution in [3.63, 3.8) is 0 Å². The highest BCUT2D eigenvalue weighted by molar-refractivity contribution is 6.10. The van der Waals surface area contributed by atoms with Crippen LogP contribution in [-0.4, -0.2) is 82.4 Å². The fourth-order valence-corrected chi connectivity index (χ4v) is 5.51. The Morgan fingerprint density at radius 2 is 2.10 bits per heavy atom.